The van der Waals surface area contributed by atoms with Gasteiger partial charge in [-0.2, -0.15) is 0 Å². The van der Waals surface area contributed by atoms with Crippen molar-refractivity contribution < 1.29 is 9.34 Å². The molecule has 7 nitrogen and oxygen atoms in total. The van der Waals surface area contributed by atoms with E-state index < -0.39 is 0 Å². The molecule has 4 rings (SSSR count). The molecule has 0 spiro atoms. The Bertz CT molecular complexity index is 1100. The van der Waals surface area contributed by atoms with Crippen LogP contribution in [0.5, 0.6) is 0 Å². The number of thiophene rings is 1. The van der Waals surface area contributed by atoms with Crippen LogP contribution in [0.3, 0.4) is 0 Å². The highest BCUT2D eigenvalue weighted by Gasteiger charge is 2.17. The lowest BCUT2D eigenvalue weighted by atomic mass is 10.1. The van der Waals surface area contributed by atoms with Gasteiger partial charge in [-0.25, -0.2) is 0 Å². The Labute approximate surface area is 169 Å². The summed E-state index contributed by atoms with van der Waals surface area (Å²) < 4.78 is 7.52. The number of aromatic nitrogens is 3. The van der Waals surface area contributed by atoms with Crippen LogP contribution in [0.25, 0.3) is 11.4 Å². The zero-order valence-electron chi connectivity index (χ0n) is 14.9. The first-order chi connectivity index (χ1) is 13.6. The maximum atomic E-state index is 10.9. The second-order valence-corrected chi connectivity index (χ2v) is 8.01. The highest BCUT2D eigenvalue weighted by atomic mass is 32.2. The summed E-state index contributed by atoms with van der Waals surface area (Å²) in [5.74, 6) is 2.15. The number of aryl methyl sites for hydroxylation is 1. The van der Waals surface area contributed by atoms with Gasteiger partial charge in [0, 0.05) is 22.8 Å². The van der Waals surface area contributed by atoms with Gasteiger partial charge in [0.15, 0.2) is 11.0 Å². The van der Waals surface area contributed by atoms with Gasteiger partial charge in [-0.05, 0) is 30.7 Å². The maximum Gasteiger partial charge on any atom is 0.324 e. The van der Waals surface area contributed by atoms with Gasteiger partial charge in [0.2, 0.25) is 0 Å². The van der Waals surface area contributed by atoms with Crippen LogP contribution in [-0.4, -0.2) is 19.7 Å². The minimum atomic E-state index is -0.367. The minimum Gasteiger partial charge on any atom is -0.467 e. The molecule has 0 saturated carbocycles. The molecule has 3 aromatic heterocycles. The highest BCUT2D eigenvalue weighted by molar-refractivity contribution is 7.98. The summed E-state index contributed by atoms with van der Waals surface area (Å²) in [5.41, 5.74) is 3.02. The fourth-order valence-electron chi connectivity index (χ4n) is 2.78. The van der Waals surface area contributed by atoms with Crippen LogP contribution in [-0.2, 0) is 12.3 Å². The van der Waals surface area contributed by atoms with Crippen molar-refractivity contribution in [3.63, 3.8) is 0 Å². The van der Waals surface area contributed by atoms with E-state index in [4.69, 9.17) is 4.42 Å². The molecular weight excluding hydrogens is 396 g/mol. The SMILES string of the molecule is Cc1cccc(-c2nnc(SCc3csc([N+](=O)[O-])c3)n2Cc2ccco2)c1. The molecule has 28 heavy (non-hydrogen) atoms. The molecule has 0 amide bonds. The fraction of sp³-hybridized carbons (Fsp3) is 0.158. The monoisotopic (exact) mass is 412 g/mol. The molecule has 1 aromatic carbocycles. The molecule has 0 aliphatic heterocycles. The summed E-state index contributed by atoms with van der Waals surface area (Å²) in [6.07, 6.45) is 1.64. The van der Waals surface area contributed by atoms with Crippen LogP contribution in [0, 0.1) is 17.0 Å². The van der Waals surface area contributed by atoms with E-state index in [1.807, 2.05) is 41.8 Å². The van der Waals surface area contributed by atoms with Gasteiger partial charge >= 0.3 is 5.00 Å². The van der Waals surface area contributed by atoms with Crippen molar-refractivity contribution in [1.82, 2.24) is 14.8 Å². The van der Waals surface area contributed by atoms with E-state index in [-0.39, 0.29) is 9.92 Å². The van der Waals surface area contributed by atoms with E-state index in [0.29, 0.717) is 12.3 Å². The van der Waals surface area contributed by atoms with Crippen LogP contribution in [0.15, 0.2) is 63.7 Å². The van der Waals surface area contributed by atoms with Crippen LogP contribution in [0.2, 0.25) is 0 Å². The molecule has 0 saturated heterocycles. The second kappa shape index (κ2) is 7.99. The van der Waals surface area contributed by atoms with E-state index in [1.165, 1.54) is 11.8 Å². The maximum absolute atomic E-state index is 10.9. The molecule has 142 valence electrons. The summed E-state index contributed by atoms with van der Waals surface area (Å²) in [4.78, 5) is 10.5. The van der Waals surface area contributed by atoms with Crippen molar-refractivity contribution in [1.29, 1.82) is 0 Å². The third kappa shape index (κ3) is 4.00. The van der Waals surface area contributed by atoms with Crippen LogP contribution < -0.4 is 0 Å². The van der Waals surface area contributed by atoms with Crippen molar-refractivity contribution in [2.24, 2.45) is 0 Å². The highest BCUT2D eigenvalue weighted by Crippen LogP contribution is 2.30. The predicted octanol–water partition coefficient (Wildman–Crippen LogP) is 5.16. The molecule has 0 aliphatic rings. The summed E-state index contributed by atoms with van der Waals surface area (Å²) >= 11 is 2.63. The van der Waals surface area contributed by atoms with Crippen molar-refractivity contribution in [3.05, 3.63) is 81.1 Å². The number of benzene rings is 1. The van der Waals surface area contributed by atoms with E-state index in [0.717, 1.165) is 44.8 Å². The Balaban J connectivity index is 1.63. The Morgan fingerprint density at radius 2 is 2.14 bits per heavy atom. The van der Waals surface area contributed by atoms with Crippen molar-refractivity contribution in [3.8, 4) is 11.4 Å². The van der Waals surface area contributed by atoms with Gasteiger partial charge in [0.05, 0.1) is 17.7 Å². The number of hydrogen-bond donors (Lipinski definition) is 0. The Hall–Kier alpha value is -2.91. The summed E-state index contributed by atoms with van der Waals surface area (Å²) in [7, 11) is 0. The van der Waals surface area contributed by atoms with Crippen LogP contribution in [0.4, 0.5) is 5.00 Å². The summed E-state index contributed by atoms with van der Waals surface area (Å²) in [5, 5.41) is 22.3. The summed E-state index contributed by atoms with van der Waals surface area (Å²) in [6.45, 7) is 2.55. The van der Waals surface area contributed by atoms with E-state index in [9.17, 15) is 10.1 Å². The lowest BCUT2D eigenvalue weighted by molar-refractivity contribution is -0.380. The van der Waals surface area contributed by atoms with Crippen molar-refractivity contribution >= 4 is 28.1 Å². The molecule has 0 atom stereocenters. The largest absolute Gasteiger partial charge is 0.467 e. The number of nitrogens with zero attached hydrogens (tertiary/aromatic N) is 4. The zero-order valence-corrected chi connectivity index (χ0v) is 16.6. The molecule has 9 heteroatoms. The molecule has 0 fully saturated rings. The third-order valence-electron chi connectivity index (χ3n) is 4.07. The molecule has 4 aromatic rings. The Morgan fingerprint density at radius 1 is 1.25 bits per heavy atom. The first-order valence-electron chi connectivity index (χ1n) is 8.47. The standard InChI is InChI=1S/C19H16N4O3S2/c1-13-4-2-5-15(8-13)18-20-21-19(22(18)10-16-6-3-7-26-16)28-12-14-9-17(23(24)25)27-11-14/h2-9,11H,10,12H2,1H3. The lowest BCUT2D eigenvalue weighted by Gasteiger charge is -2.09. The summed E-state index contributed by atoms with van der Waals surface area (Å²) in [6, 6.07) is 13.5. The van der Waals surface area contributed by atoms with Crippen LogP contribution >= 0.6 is 23.1 Å². The third-order valence-corrected chi connectivity index (χ3v) is 6.04. The lowest BCUT2D eigenvalue weighted by Crippen LogP contribution is -2.03. The van der Waals surface area contributed by atoms with Crippen molar-refractivity contribution in [2.45, 2.75) is 24.4 Å². The molecule has 0 radical (unpaired) electrons. The Morgan fingerprint density at radius 3 is 2.86 bits per heavy atom. The topological polar surface area (TPSA) is 87.0 Å². The first kappa shape index (κ1) is 18.5. The van der Waals surface area contributed by atoms with Crippen molar-refractivity contribution in [2.75, 3.05) is 0 Å². The average molecular weight is 412 g/mol. The number of nitro groups is 1. The average Bonchev–Trinajstić information content (AvgIpc) is 3.42. The van der Waals surface area contributed by atoms with Crippen LogP contribution in [0.1, 0.15) is 16.9 Å². The smallest absolute Gasteiger partial charge is 0.324 e. The van der Waals surface area contributed by atoms with E-state index in [1.54, 1.807) is 17.7 Å². The number of rotatable bonds is 7. The molecule has 0 unspecified atom stereocenters. The quantitative estimate of drug-likeness (QED) is 0.237. The first-order valence-corrected chi connectivity index (χ1v) is 10.3. The normalized spacial score (nSPS) is 11.0. The van der Waals surface area contributed by atoms with Gasteiger partial charge in [-0.3, -0.25) is 14.7 Å². The van der Waals surface area contributed by atoms with Gasteiger partial charge in [0.25, 0.3) is 0 Å². The molecule has 0 N–H and O–H groups in total. The molecule has 3 heterocycles. The number of hydrogen-bond acceptors (Lipinski definition) is 7. The zero-order chi connectivity index (χ0) is 19.5. The van der Waals surface area contributed by atoms with Gasteiger partial charge < -0.3 is 4.42 Å². The predicted molar refractivity (Wildman–Crippen MR) is 109 cm³/mol. The molecule has 0 bridgehead atoms. The van der Waals surface area contributed by atoms with Gasteiger partial charge in [-0.15, -0.1) is 10.2 Å². The van der Waals surface area contributed by atoms with E-state index in [2.05, 4.69) is 16.3 Å². The molecular formula is C19H16N4O3S2. The second-order valence-electron chi connectivity index (χ2n) is 6.18. The van der Waals surface area contributed by atoms with E-state index >= 15 is 0 Å². The van der Waals surface area contributed by atoms with Gasteiger partial charge in [0.1, 0.15) is 5.76 Å². The Kier molecular flexibility index (Phi) is 5.27. The fourth-order valence-corrected chi connectivity index (χ4v) is 4.48. The number of thioether (sulfide) groups is 1. The molecule has 0 aliphatic carbocycles. The number of furan rings is 1. The minimum absolute atomic E-state index is 0.146. The van der Waals surface area contributed by atoms with Gasteiger partial charge in [-0.1, -0.05) is 46.9 Å².